The molecular weight excluding hydrogens is 362 g/mol. The summed E-state index contributed by atoms with van der Waals surface area (Å²) < 4.78 is 9.29. The zero-order valence-corrected chi connectivity index (χ0v) is 16.1. The lowest BCUT2D eigenvalue weighted by Gasteiger charge is -2.09. The van der Waals surface area contributed by atoms with Crippen LogP contribution in [0.25, 0.3) is 11.8 Å². The molecule has 2 heterocycles. The Hall–Kier alpha value is -3.86. The molecule has 0 saturated carbocycles. The predicted octanol–water partition coefficient (Wildman–Crippen LogP) is 4.63. The van der Waals surface area contributed by atoms with Gasteiger partial charge in [-0.25, -0.2) is 0 Å². The lowest BCUT2D eigenvalue weighted by molar-refractivity contribution is 0.104. The van der Waals surface area contributed by atoms with Gasteiger partial charge in [0.1, 0.15) is 5.75 Å². The number of benzene rings is 2. The molecular formula is C24H21N3O2. The monoisotopic (exact) mass is 383 g/mol. The van der Waals surface area contributed by atoms with Gasteiger partial charge < -0.3 is 9.30 Å². The molecule has 0 unspecified atom stereocenters. The number of nitrogens with zero attached hydrogens (tertiary/aromatic N) is 3. The summed E-state index contributed by atoms with van der Waals surface area (Å²) in [6.07, 6.45) is 11.0. The van der Waals surface area contributed by atoms with Crippen molar-refractivity contribution >= 4 is 11.9 Å². The molecule has 4 aromatic rings. The number of carbonyl (C=O) groups excluding carboxylic acids is 1. The molecule has 0 saturated heterocycles. The molecule has 4 rings (SSSR count). The SMILES string of the molecule is COc1ccc(/C=C/C(=O)c2ccc(-n3cccc3)cc2)cc1Cn1cccn1. The maximum absolute atomic E-state index is 12.5. The number of allylic oxidation sites excluding steroid dienone is 1. The number of ether oxygens (including phenoxy) is 1. The van der Waals surface area contributed by atoms with E-state index in [0.717, 1.165) is 22.6 Å². The first-order valence-corrected chi connectivity index (χ1v) is 9.33. The third-order valence-corrected chi connectivity index (χ3v) is 4.68. The van der Waals surface area contributed by atoms with Gasteiger partial charge in [0.2, 0.25) is 0 Å². The minimum atomic E-state index is -0.0338. The van der Waals surface area contributed by atoms with Gasteiger partial charge in [-0.1, -0.05) is 12.1 Å². The van der Waals surface area contributed by atoms with E-state index in [1.807, 2.05) is 94.6 Å². The number of rotatable bonds is 7. The standard InChI is InChI=1S/C24H21N3O2/c1-29-24-12-6-19(17-21(24)18-27-16-4-13-25-27)5-11-23(28)20-7-9-22(10-8-20)26-14-2-3-15-26/h2-17H,18H2,1H3/b11-5+. The molecule has 2 aromatic carbocycles. The summed E-state index contributed by atoms with van der Waals surface area (Å²) in [7, 11) is 1.65. The topological polar surface area (TPSA) is 49.0 Å². The van der Waals surface area contributed by atoms with Crippen LogP contribution in [0.1, 0.15) is 21.5 Å². The van der Waals surface area contributed by atoms with Crippen LogP contribution in [0.3, 0.4) is 0 Å². The molecule has 0 aliphatic rings. The van der Waals surface area contributed by atoms with Gasteiger partial charge in [-0.2, -0.15) is 5.10 Å². The van der Waals surface area contributed by atoms with E-state index in [0.29, 0.717) is 12.1 Å². The van der Waals surface area contributed by atoms with Crippen LogP contribution in [0, 0.1) is 0 Å². The Bertz CT molecular complexity index is 1110. The van der Waals surface area contributed by atoms with E-state index in [-0.39, 0.29) is 5.78 Å². The maximum Gasteiger partial charge on any atom is 0.185 e. The fourth-order valence-electron chi connectivity index (χ4n) is 3.17. The van der Waals surface area contributed by atoms with Crippen molar-refractivity contribution in [3.8, 4) is 11.4 Å². The molecule has 0 aliphatic carbocycles. The fourth-order valence-corrected chi connectivity index (χ4v) is 3.17. The Morgan fingerprint density at radius 1 is 1.03 bits per heavy atom. The number of hydrogen-bond donors (Lipinski definition) is 0. The van der Waals surface area contributed by atoms with Crippen LogP contribution in [0.4, 0.5) is 0 Å². The molecule has 144 valence electrons. The number of hydrogen-bond acceptors (Lipinski definition) is 3. The van der Waals surface area contributed by atoms with Gasteiger partial charge in [0, 0.05) is 41.6 Å². The number of methoxy groups -OCH3 is 1. The Morgan fingerprint density at radius 2 is 1.83 bits per heavy atom. The van der Waals surface area contributed by atoms with Crippen LogP contribution in [0.2, 0.25) is 0 Å². The summed E-state index contributed by atoms with van der Waals surface area (Å²) in [6, 6.07) is 19.3. The lowest BCUT2D eigenvalue weighted by atomic mass is 10.1. The van der Waals surface area contributed by atoms with E-state index in [4.69, 9.17) is 4.74 Å². The summed E-state index contributed by atoms with van der Waals surface area (Å²) in [5, 5.41) is 4.24. The van der Waals surface area contributed by atoms with E-state index in [2.05, 4.69) is 5.10 Å². The zero-order chi connectivity index (χ0) is 20.1. The van der Waals surface area contributed by atoms with Crippen molar-refractivity contribution in [2.24, 2.45) is 0 Å². The van der Waals surface area contributed by atoms with Crippen LogP contribution in [-0.2, 0) is 6.54 Å². The second-order valence-electron chi connectivity index (χ2n) is 6.61. The maximum atomic E-state index is 12.5. The third kappa shape index (κ3) is 4.35. The van der Waals surface area contributed by atoms with E-state index in [1.54, 1.807) is 19.4 Å². The number of aromatic nitrogens is 3. The highest BCUT2D eigenvalue weighted by atomic mass is 16.5. The molecule has 0 aliphatic heterocycles. The van der Waals surface area contributed by atoms with Crippen LogP contribution < -0.4 is 4.74 Å². The van der Waals surface area contributed by atoms with Crippen LogP contribution >= 0.6 is 0 Å². The van der Waals surface area contributed by atoms with Gasteiger partial charge in [0.25, 0.3) is 0 Å². The molecule has 5 heteroatoms. The lowest BCUT2D eigenvalue weighted by Crippen LogP contribution is -2.02. The predicted molar refractivity (Wildman–Crippen MR) is 113 cm³/mol. The van der Waals surface area contributed by atoms with E-state index >= 15 is 0 Å². The molecule has 2 aromatic heterocycles. The second-order valence-corrected chi connectivity index (χ2v) is 6.61. The van der Waals surface area contributed by atoms with Crippen molar-refractivity contribution < 1.29 is 9.53 Å². The highest BCUT2D eigenvalue weighted by molar-refractivity contribution is 6.06. The van der Waals surface area contributed by atoms with Crippen molar-refractivity contribution in [2.45, 2.75) is 6.54 Å². The van der Waals surface area contributed by atoms with Crippen LogP contribution in [-0.4, -0.2) is 27.2 Å². The van der Waals surface area contributed by atoms with Gasteiger partial charge in [-0.3, -0.25) is 9.48 Å². The summed E-state index contributed by atoms with van der Waals surface area (Å²) in [5.74, 6) is 0.762. The highest BCUT2D eigenvalue weighted by Gasteiger charge is 2.06. The minimum absolute atomic E-state index is 0.0338. The molecule has 0 spiro atoms. The molecule has 0 atom stereocenters. The second kappa shape index (κ2) is 8.44. The van der Waals surface area contributed by atoms with Crippen molar-refractivity contribution in [3.63, 3.8) is 0 Å². The summed E-state index contributed by atoms with van der Waals surface area (Å²) >= 11 is 0. The smallest absolute Gasteiger partial charge is 0.185 e. The zero-order valence-electron chi connectivity index (χ0n) is 16.1. The number of ketones is 1. The molecule has 0 fully saturated rings. The van der Waals surface area contributed by atoms with Gasteiger partial charge in [-0.15, -0.1) is 0 Å². The van der Waals surface area contributed by atoms with E-state index in [1.165, 1.54) is 0 Å². The molecule has 29 heavy (non-hydrogen) atoms. The van der Waals surface area contributed by atoms with Crippen LogP contribution in [0.5, 0.6) is 5.75 Å². The first-order chi connectivity index (χ1) is 14.2. The van der Waals surface area contributed by atoms with E-state index in [9.17, 15) is 4.79 Å². The van der Waals surface area contributed by atoms with Gasteiger partial charge in [0.15, 0.2) is 5.78 Å². The number of carbonyl (C=O) groups is 1. The molecule has 5 nitrogen and oxygen atoms in total. The average molecular weight is 383 g/mol. The normalized spacial score (nSPS) is 11.1. The fraction of sp³-hybridized carbons (Fsp3) is 0.0833. The minimum Gasteiger partial charge on any atom is -0.496 e. The van der Waals surface area contributed by atoms with Gasteiger partial charge in [0.05, 0.1) is 13.7 Å². The van der Waals surface area contributed by atoms with Gasteiger partial charge in [-0.05, 0) is 66.2 Å². The molecule has 0 bridgehead atoms. The molecule has 0 amide bonds. The Labute approximate surface area is 169 Å². The summed E-state index contributed by atoms with van der Waals surface area (Å²) in [5.41, 5.74) is 3.61. The van der Waals surface area contributed by atoms with E-state index < -0.39 is 0 Å². The van der Waals surface area contributed by atoms with Crippen molar-refractivity contribution in [3.05, 3.63) is 108 Å². The first-order valence-electron chi connectivity index (χ1n) is 9.33. The molecule has 0 N–H and O–H groups in total. The van der Waals surface area contributed by atoms with Crippen LogP contribution in [0.15, 0.2) is 91.5 Å². The third-order valence-electron chi connectivity index (χ3n) is 4.68. The Morgan fingerprint density at radius 3 is 2.52 bits per heavy atom. The van der Waals surface area contributed by atoms with Gasteiger partial charge >= 0.3 is 0 Å². The van der Waals surface area contributed by atoms with Crippen molar-refractivity contribution in [2.75, 3.05) is 7.11 Å². The van der Waals surface area contributed by atoms with Crippen molar-refractivity contribution in [1.29, 1.82) is 0 Å². The summed E-state index contributed by atoms with van der Waals surface area (Å²) in [4.78, 5) is 12.5. The largest absolute Gasteiger partial charge is 0.496 e. The Balaban J connectivity index is 1.50. The van der Waals surface area contributed by atoms with Crippen molar-refractivity contribution in [1.82, 2.24) is 14.3 Å². The summed E-state index contributed by atoms with van der Waals surface area (Å²) in [6.45, 7) is 0.604. The Kier molecular flexibility index (Phi) is 5.38. The first kappa shape index (κ1) is 18.5. The highest BCUT2D eigenvalue weighted by Crippen LogP contribution is 2.22. The quantitative estimate of drug-likeness (QED) is 0.345. The average Bonchev–Trinajstić information content (AvgIpc) is 3.47. The molecule has 0 radical (unpaired) electrons.